The summed E-state index contributed by atoms with van der Waals surface area (Å²) in [4.78, 5) is 18.8. The predicted molar refractivity (Wildman–Crippen MR) is 111 cm³/mol. The Kier molecular flexibility index (Phi) is 3.27. The van der Waals surface area contributed by atoms with Crippen LogP contribution in [-0.2, 0) is 0 Å². The van der Waals surface area contributed by atoms with Gasteiger partial charge < -0.3 is 9.88 Å². The minimum absolute atomic E-state index is 0.0364. The van der Waals surface area contributed by atoms with Gasteiger partial charge in [0, 0.05) is 39.6 Å². The quantitative estimate of drug-likeness (QED) is 0.461. The lowest BCUT2D eigenvalue weighted by atomic mass is 9.83. The minimum atomic E-state index is -0.0650. The second-order valence-electron chi connectivity index (χ2n) is 7.52. The highest BCUT2D eigenvalue weighted by Gasteiger charge is 2.45. The molecule has 0 saturated carbocycles. The first-order valence-electron chi connectivity index (χ1n) is 9.49. The molecule has 0 aliphatic carbocycles. The molecule has 2 atom stereocenters. The first-order valence-corrected chi connectivity index (χ1v) is 9.86. The van der Waals surface area contributed by atoms with Crippen molar-refractivity contribution in [3.63, 3.8) is 0 Å². The van der Waals surface area contributed by atoms with Gasteiger partial charge >= 0.3 is 0 Å². The minimum Gasteiger partial charge on any atom is -0.356 e. The SMILES string of the molecule is O=C1c2ccccc2[C@H]2c3[nH]c4ccccc4c3[C@H](c3ccccc3Cl)CN12. The maximum absolute atomic E-state index is 13.2. The Morgan fingerprint density at radius 3 is 2.46 bits per heavy atom. The molecule has 3 heterocycles. The van der Waals surface area contributed by atoms with E-state index in [0.29, 0.717) is 6.54 Å². The monoisotopic (exact) mass is 384 g/mol. The van der Waals surface area contributed by atoms with Crippen LogP contribution in [-0.4, -0.2) is 22.3 Å². The normalized spacial score (nSPS) is 20.2. The van der Waals surface area contributed by atoms with Crippen molar-refractivity contribution in [1.29, 1.82) is 0 Å². The fourth-order valence-electron chi connectivity index (χ4n) is 4.94. The molecular formula is C24H17ClN2O. The fraction of sp³-hybridized carbons (Fsp3) is 0.125. The average molecular weight is 385 g/mol. The Morgan fingerprint density at radius 2 is 1.61 bits per heavy atom. The van der Waals surface area contributed by atoms with Gasteiger partial charge in [-0.15, -0.1) is 0 Å². The van der Waals surface area contributed by atoms with Crippen LogP contribution in [0.3, 0.4) is 0 Å². The van der Waals surface area contributed by atoms with Crippen LogP contribution >= 0.6 is 11.6 Å². The standard InChI is InChI=1S/C24H17ClN2O/c25-19-11-5-3-7-14(19)18-13-27-23(15-8-1-2-9-16(15)24(27)28)22-21(18)17-10-4-6-12-20(17)26-22/h1-12,18,23,26H,13H2/t18-,23-/m0/s1. The molecule has 0 spiro atoms. The first kappa shape index (κ1) is 16.0. The third-order valence-corrected chi connectivity index (χ3v) is 6.46. The van der Waals surface area contributed by atoms with Crippen molar-refractivity contribution in [3.05, 3.63) is 106 Å². The first-order chi connectivity index (χ1) is 13.7. The number of aromatic amines is 1. The van der Waals surface area contributed by atoms with Gasteiger partial charge in [-0.25, -0.2) is 0 Å². The summed E-state index contributed by atoms with van der Waals surface area (Å²) in [5.74, 6) is 0.135. The number of rotatable bonds is 1. The molecule has 0 bridgehead atoms. The molecule has 4 aromatic rings. The highest BCUT2D eigenvalue weighted by molar-refractivity contribution is 6.31. The molecule has 28 heavy (non-hydrogen) atoms. The summed E-state index contributed by atoms with van der Waals surface area (Å²) >= 11 is 6.60. The lowest BCUT2D eigenvalue weighted by Gasteiger charge is -2.36. The van der Waals surface area contributed by atoms with E-state index in [1.54, 1.807) is 0 Å². The van der Waals surface area contributed by atoms with Gasteiger partial charge in [-0.2, -0.15) is 0 Å². The van der Waals surface area contributed by atoms with E-state index in [2.05, 4.69) is 35.3 Å². The highest BCUT2D eigenvalue weighted by Crippen LogP contribution is 2.50. The summed E-state index contributed by atoms with van der Waals surface area (Å²) in [6.45, 7) is 0.622. The van der Waals surface area contributed by atoms with Gasteiger partial charge in [-0.3, -0.25) is 4.79 Å². The van der Waals surface area contributed by atoms with Crippen LogP contribution in [0, 0.1) is 0 Å². The van der Waals surface area contributed by atoms with Gasteiger partial charge in [0.15, 0.2) is 0 Å². The van der Waals surface area contributed by atoms with E-state index in [4.69, 9.17) is 11.6 Å². The van der Waals surface area contributed by atoms with Crippen LogP contribution in [0.5, 0.6) is 0 Å². The number of H-pyrrole nitrogens is 1. The van der Waals surface area contributed by atoms with E-state index in [9.17, 15) is 4.79 Å². The van der Waals surface area contributed by atoms with Crippen LogP contribution in [0.4, 0.5) is 0 Å². The van der Waals surface area contributed by atoms with E-state index < -0.39 is 0 Å². The molecule has 2 aliphatic rings. The van der Waals surface area contributed by atoms with Crippen molar-refractivity contribution >= 4 is 28.4 Å². The maximum Gasteiger partial charge on any atom is 0.255 e. The molecule has 2 aliphatic heterocycles. The summed E-state index contributed by atoms with van der Waals surface area (Å²) in [6.07, 6.45) is 0. The zero-order chi connectivity index (χ0) is 18.8. The number of nitrogens with zero attached hydrogens (tertiary/aromatic N) is 1. The van der Waals surface area contributed by atoms with Crippen LogP contribution in [0.25, 0.3) is 10.9 Å². The van der Waals surface area contributed by atoms with Crippen LogP contribution in [0.15, 0.2) is 72.8 Å². The second kappa shape index (κ2) is 5.73. The van der Waals surface area contributed by atoms with Gasteiger partial charge in [-0.1, -0.05) is 66.2 Å². The Hall–Kier alpha value is -3.04. The largest absolute Gasteiger partial charge is 0.356 e. The summed E-state index contributed by atoms with van der Waals surface area (Å²) in [6, 6.07) is 24.2. The van der Waals surface area contributed by atoms with Crippen molar-refractivity contribution in [2.45, 2.75) is 12.0 Å². The third kappa shape index (κ3) is 2.02. The molecule has 1 amide bonds. The number of carbonyl (C=O) groups is 1. The molecule has 136 valence electrons. The zero-order valence-electron chi connectivity index (χ0n) is 15.0. The van der Waals surface area contributed by atoms with E-state index in [1.165, 1.54) is 10.9 Å². The van der Waals surface area contributed by atoms with Gasteiger partial charge in [0.2, 0.25) is 0 Å². The predicted octanol–water partition coefficient (Wildman–Crippen LogP) is 5.51. The molecule has 0 saturated heterocycles. The summed E-state index contributed by atoms with van der Waals surface area (Å²) in [5.41, 5.74) is 6.42. The van der Waals surface area contributed by atoms with E-state index in [0.717, 1.165) is 32.9 Å². The van der Waals surface area contributed by atoms with E-state index in [-0.39, 0.29) is 17.9 Å². The number of fused-ring (bicyclic) bond motifs is 7. The van der Waals surface area contributed by atoms with Crippen LogP contribution in [0.1, 0.15) is 44.7 Å². The number of hydrogen-bond donors (Lipinski definition) is 1. The number of amides is 1. The van der Waals surface area contributed by atoms with Gasteiger partial charge in [0.25, 0.3) is 5.91 Å². The molecule has 1 aromatic heterocycles. The second-order valence-corrected chi connectivity index (χ2v) is 7.93. The molecule has 1 N–H and O–H groups in total. The zero-order valence-corrected chi connectivity index (χ0v) is 15.8. The number of para-hydroxylation sites is 1. The fourth-order valence-corrected chi connectivity index (χ4v) is 5.21. The average Bonchev–Trinajstić information content (AvgIpc) is 3.24. The van der Waals surface area contributed by atoms with Crippen molar-refractivity contribution < 1.29 is 4.79 Å². The Morgan fingerprint density at radius 1 is 0.893 bits per heavy atom. The van der Waals surface area contributed by atoms with E-state index >= 15 is 0 Å². The number of carbonyl (C=O) groups excluding carboxylic acids is 1. The topological polar surface area (TPSA) is 36.1 Å². The van der Waals surface area contributed by atoms with Crippen molar-refractivity contribution in [3.8, 4) is 0 Å². The van der Waals surface area contributed by atoms with Gasteiger partial charge in [-0.05, 0) is 34.9 Å². The number of benzene rings is 3. The summed E-state index contributed by atoms with van der Waals surface area (Å²) in [5, 5.41) is 1.95. The lowest BCUT2D eigenvalue weighted by Crippen LogP contribution is -2.38. The van der Waals surface area contributed by atoms with Gasteiger partial charge in [0.1, 0.15) is 0 Å². The number of aromatic nitrogens is 1. The molecule has 3 nitrogen and oxygen atoms in total. The number of halogens is 1. The smallest absolute Gasteiger partial charge is 0.255 e. The highest BCUT2D eigenvalue weighted by atomic mass is 35.5. The molecule has 0 fully saturated rings. The van der Waals surface area contributed by atoms with E-state index in [1.807, 2.05) is 47.4 Å². The van der Waals surface area contributed by atoms with Crippen LogP contribution < -0.4 is 0 Å². The summed E-state index contributed by atoms with van der Waals surface area (Å²) < 4.78 is 0. The number of nitrogens with one attached hydrogen (secondary N) is 1. The molecular weight excluding hydrogens is 368 g/mol. The lowest BCUT2D eigenvalue weighted by molar-refractivity contribution is 0.0727. The van der Waals surface area contributed by atoms with Crippen molar-refractivity contribution in [1.82, 2.24) is 9.88 Å². The maximum atomic E-state index is 13.2. The molecule has 3 aromatic carbocycles. The molecule has 6 rings (SSSR count). The Balaban J connectivity index is 1.66. The van der Waals surface area contributed by atoms with Crippen molar-refractivity contribution in [2.75, 3.05) is 6.54 Å². The Labute approximate surface area is 167 Å². The third-order valence-electron chi connectivity index (χ3n) is 6.12. The van der Waals surface area contributed by atoms with Gasteiger partial charge in [0.05, 0.1) is 6.04 Å². The van der Waals surface area contributed by atoms with Crippen LogP contribution in [0.2, 0.25) is 5.02 Å². The molecule has 0 radical (unpaired) electrons. The summed E-state index contributed by atoms with van der Waals surface area (Å²) in [7, 11) is 0. The molecule has 4 heteroatoms. The number of hydrogen-bond acceptors (Lipinski definition) is 1. The van der Waals surface area contributed by atoms with Crippen molar-refractivity contribution in [2.24, 2.45) is 0 Å². The molecule has 0 unspecified atom stereocenters. The Bertz CT molecular complexity index is 1260.